The van der Waals surface area contributed by atoms with E-state index < -0.39 is 0 Å². The van der Waals surface area contributed by atoms with E-state index >= 15 is 0 Å². The number of methoxy groups -OCH3 is 3. The molecule has 1 aliphatic carbocycles. The number of rotatable bonds is 4. The molecule has 0 aliphatic heterocycles. The first-order chi connectivity index (χ1) is 11.7. The van der Waals surface area contributed by atoms with Crippen molar-refractivity contribution in [3.63, 3.8) is 0 Å². The lowest BCUT2D eigenvalue weighted by molar-refractivity contribution is 0.102. The van der Waals surface area contributed by atoms with Gasteiger partial charge in [0, 0.05) is 22.8 Å². The summed E-state index contributed by atoms with van der Waals surface area (Å²) in [5.74, 6) is 2.26. The maximum Gasteiger partial charge on any atom is 0.189 e. The predicted octanol–water partition coefficient (Wildman–Crippen LogP) is 3.92. The molecule has 0 heterocycles. The molecule has 0 saturated heterocycles. The molecule has 0 saturated carbocycles. The van der Waals surface area contributed by atoms with E-state index in [2.05, 4.69) is 0 Å². The number of hydrogen-bond donors (Lipinski definition) is 0. The zero-order chi connectivity index (χ0) is 17.1. The van der Waals surface area contributed by atoms with Gasteiger partial charge in [-0.25, -0.2) is 0 Å². The van der Waals surface area contributed by atoms with E-state index in [1.165, 1.54) is 0 Å². The zero-order valence-corrected chi connectivity index (χ0v) is 14.1. The number of Topliss-reactive ketones (excluding diaryl/α,β-unsaturated/α-hetero) is 1. The molecule has 0 radical (unpaired) electrons. The summed E-state index contributed by atoms with van der Waals surface area (Å²) in [5, 5.41) is 0. The van der Waals surface area contributed by atoms with Crippen molar-refractivity contribution >= 4 is 11.9 Å². The lowest BCUT2D eigenvalue weighted by Gasteiger charge is -2.18. The lowest BCUT2D eigenvalue weighted by Crippen LogP contribution is -2.14. The minimum atomic E-state index is 0.0665. The third-order valence-electron chi connectivity index (χ3n) is 4.28. The SMILES string of the molecule is COc1ccc2c(c1)CC/C(=C/c1ccc(OC)cc1OC)C2=O. The van der Waals surface area contributed by atoms with E-state index in [-0.39, 0.29) is 5.78 Å². The summed E-state index contributed by atoms with van der Waals surface area (Å²) in [6.07, 6.45) is 3.44. The summed E-state index contributed by atoms with van der Waals surface area (Å²) < 4.78 is 15.9. The second-order valence-electron chi connectivity index (χ2n) is 5.63. The Balaban J connectivity index is 1.96. The minimum absolute atomic E-state index is 0.0665. The van der Waals surface area contributed by atoms with Crippen LogP contribution in [0.15, 0.2) is 42.0 Å². The first-order valence-electron chi connectivity index (χ1n) is 7.80. The van der Waals surface area contributed by atoms with Gasteiger partial charge >= 0.3 is 0 Å². The highest BCUT2D eigenvalue weighted by Crippen LogP contribution is 2.32. The number of aryl methyl sites for hydroxylation is 1. The molecule has 0 atom stereocenters. The van der Waals surface area contributed by atoms with Crippen LogP contribution >= 0.6 is 0 Å². The molecule has 4 heteroatoms. The first-order valence-corrected chi connectivity index (χ1v) is 7.80. The molecule has 2 aromatic rings. The van der Waals surface area contributed by atoms with Gasteiger partial charge in [0.1, 0.15) is 17.2 Å². The molecular weight excluding hydrogens is 304 g/mol. The second-order valence-corrected chi connectivity index (χ2v) is 5.63. The summed E-state index contributed by atoms with van der Waals surface area (Å²) in [6, 6.07) is 11.2. The molecule has 0 spiro atoms. The van der Waals surface area contributed by atoms with Gasteiger partial charge in [0.25, 0.3) is 0 Å². The van der Waals surface area contributed by atoms with Crippen molar-refractivity contribution in [3.8, 4) is 17.2 Å². The van der Waals surface area contributed by atoms with Crippen molar-refractivity contribution in [2.45, 2.75) is 12.8 Å². The molecule has 1 aliphatic rings. The average molecular weight is 324 g/mol. The Morgan fingerprint density at radius 3 is 2.29 bits per heavy atom. The molecular formula is C20H20O4. The molecule has 0 N–H and O–H groups in total. The van der Waals surface area contributed by atoms with Crippen molar-refractivity contribution in [3.05, 3.63) is 58.7 Å². The predicted molar refractivity (Wildman–Crippen MR) is 93.2 cm³/mol. The molecule has 3 rings (SSSR count). The maximum absolute atomic E-state index is 12.8. The normalized spacial score (nSPS) is 15.1. The van der Waals surface area contributed by atoms with E-state index in [0.717, 1.165) is 40.2 Å². The van der Waals surface area contributed by atoms with E-state index in [1.54, 1.807) is 21.3 Å². The van der Waals surface area contributed by atoms with Crippen LogP contribution in [-0.2, 0) is 6.42 Å². The van der Waals surface area contributed by atoms with Crippen molar-refractivity contribution in [2.75, 3.05) is 21.3 Å². The number of fused-ring (bicyclic) bond motifs is 1. The van der Waals surface area contributed by atoms with Crippen LogP contribution in [0.4, 0.5) is 0 Å². The number of carbonyl (C=O) groups excluding carboxylic acids is 1. The van der Waals surface area contributed by atoms with Gasteiger partial charge in [-0.15, -0.1) is 0 Å². The van der Waals surface area contributed by atoms with Crippen LogP contribution < -0.4 is 14.2 Å². The molecule has 0 fully saturated rings. The standard InChI is InChI=1S/C20H20O4/c1-22-16-8-9-18-13(11-16)4-5-15(20(18)21)10-14-6-7-17(23-2)12-19(14)24-3/h6-12H,4-5H2,1-3H3/b15-10-. The monoisotopic (exact) mass is 324 g/mol. The molecule has 24 heavy (non-hydrogen) atoms. The van der Waals surface area contributed by atoms with Gasteiger partial charge in [-0.3, -0.25) is 4.79 Å². The van der Waals surface area contributed by atoms with Gasteiger partial charge in [-0.05, 0) is 54.8 Å². The molecule has 124 valence electrons. The van der Waals surface area contributed by atoms with Gasteiger partial charge in [-0.1, -0.05) is 0 Å². The van der Waals surface area contributed by atoms with Crippen LogP contribution in [0.3, 0.4) is 0 Å². The highest BCUT2D eigenvalue weighted by atomic mass is 16.5. The van der Waals surface area contributed by atoms with Gasteiger partial charge in [0.05, 0.1) is 21.3 Å². The van der Waals surface area contributed by atoms with Crippen LogP contribution in [0.25, 0.3) is 6.08 Å². The number of ketones is 1. The van der Waals surface area contributed by atoms with Gasteiger partial charge in [-0.2, -0.15) is 0 Å². The number of allylic oxidation sites excluding steroid dienone is 1. The summed E-state index contributed by atoms with van der Waals surface area (Å²) in [7, 11) is 4.86. The first kappa shape index (κ1) is 16.1. The fourth-order valence-electron chi connectivity index (χ4n) is 2.94. The number of ether oxygens (including phenoxy) is 3. The fourth-order valence-corrected chi connectivity index (χ4v) is 2.94. The van der Waals surface area contributed by atoms with Crippen molar-refractivity contribution in [1.29, 1.82) is 0 Å². The lowest BCUT2D eigenvalue weighted by atomic mass is 9.86. The van der Waals surface area contributed by atoms with Gasteiger partial charge in [0.2, 0.25) is 0 Å². The Morgan fingerprint density at radius 2 is 1.58 bits per heavy atom. The number of carbonyl (C=O) groups is 1. The number of benzene rings is 2. The van der Waals surface area contributed by atoms with E-state index in [9.17, 15) is 4.79 Å². The fraction of sp³-hybridized carbons (Fsp3) is 0.250. The van der Waals surface area contributed by atoms with Crippen LogP contribution in [0.5, 0.6) is 17.2 Å². The summed E-state index contributed by atoms with van der Waals surface area (Å²) in [6.45, 7) is 0. The van der Waals surface area contributed by atoms with Crippen molar-refractivity contribution in [2.24, 2.45) is 0 Å². The Bertz CT molecular complexity index is 805. The van der Waals surface area contributed by atoms with Crippen LogP contribution in [0.2, 0.25) is 0 Å². The molecule has 0 bridgehead atoms. The Labute approximate surface area is 141 Å². The smallest absolute Gasteiger partial charge is 0.189 e. The topological polar surface area (TPSA) is 44.8 Å². The van der Waals surface area contributed by atoms with Gasteiger partial charge in [0.15, 0.2) is 5.78 Å². The van der Waals surface area contributed by atoms with Crippen molar-refractivity contribution < 1.29 is 19.0 Å². The van der Waals surface area contributed by atoms with E-state index in [1.807, 2.05) is 42.5 Å². The highest BCUT2D eigenvalue weighted by Gasteiger charge is 2.22. The number of hydrogen-bond acceptors (Lipinski definition) is 4. The maximum atomic E-state index is 12.8. The molecule has 0 unspecified atom stereocenters. The van der Waals surface area contributed by atoms with E-state index in [4.69, 9.17) is 14.2 Å². The van der Waals surface area contributed by atoms with Crippen molar-refractivity contribution in [1.82, 2.24) is 0 Å². The minimum Gasteiger partial charge on any atom is -0.497 e. The van der Waals surface area contributed by atoms with Crippen LogP contribution in [0.1, 0.15) is 27.9 Å². The Kier molecular flexibility index (Phi) is 4.56. The molecule has 4 nitrogen and oxygen atoms in total. The highest BCUT2D eigenvalue weighted by molar-refractivity contribution is 6.13. The quantitative estimate of drug-likeness (QED) is 0.800. The zero-order valence-electron chi connectivity index (χ0n) is 14.1. The molecule has 0 amide bonds. The average Bonchev–Trinajstić information content (AvgIpc) is 2.63. The third-order valence-corrected chi connectivity index (χ3v) is 4.28. The van der Waals surface area contributed by atoms with E-state index in [0.29, 0.717) is 12.2 Å². The largest absolute Gasteiger partial charge is 0.497 e. The van der Waals surface area contributed by atoms with Crippen LogP contribution in [-0.4, -0.2) is 27.1 Å². The third kappa shape index (κ3) is 3.00. The van der Waals surface area contributed by atoms with Gasteiger partial charge < -0.3 is 14.2 Å². The van der Waals surface area contributed by atoms with Crippen LogP contribution in [0, 0.1) is 0 Å². The summed E-state index contributed by atoms with van der Waals surface area (Å²) in [4.78, 5) is 12.8. The Morgan fingerprint density at radius 1 is 0.875 bits per heavy atom. The summed E-state index contributed by atoms with van der Waals surface area (Å²) >= 11 is 0. The molecule has 2 aromatic carbocycles. The second kappa shape index (κ2) is 6.79. The molecule has 0 aromatic heterocycles. The summed E-state index contributed by atoms with van der Waals surface area (Å²) in [5.41, 5.74) is 3.45. The Hall–Kier alpha value is -2.75.